The Hall–Kier alpha value is -2.79. The van der Waals surface area contributed by atoms with E-state index in [1.807, 2.05) is 31.2 Å². The third-order valence-corrected chi connectivity index (χ3v) is 3.90. The van der Waals surface area contributed by atoms with Gasteiger partial charge in [0.25, 0.3) is 5.91 Å². The van der Waals surface area contributed by atoms with Crippen molar-refractivity contribution in [3.63, 3.8) is 0 Å². The van der Waals surface area contributed by atoms with Gasteiger partial charge in [0.2, 0.25) is 0 Å². The van der Waals surface area contributed by atoms with Crippen molar-refractivity contribution in [3.8, 4) is 5.75 Å². The number of esters is 1. The number of methoxy groups -OCH3 is 1. The second kappa shape index (κ2) is 9.06. The summed E-state index contributed by atoms with van der Waals surface area (Å²) < 4.78 is 10.3. The van der Waals surface area contributed by atoms with E-state index in [1.54, 1.807) is 24.3 Å². The highest BCUT2D eigenvalue weighted by molar-refractivity contribution is 6.31. The molecule has 2 aromatic carbocycles. The van der Waals surface area contributed by atoms with Crippen molar-refractivity contribution in [3.05, 3.63) is 64.7 Å². The third kappa shape index (κ3) is 5.36. The fourth-order valence-electron chi connectivity index (χ4n) is 2.21. The van der Waals surface area contributed by atoms with E-state index in [0.717, 1.165) is 11.1 Å². The first-order valence-corrected chi connectivity index (χ1v) is 8.37. The van der Waals surface area contributed by atoms with Gasteiger partial charge in [-0.05, 0) is 49.2 Å². The molecule has 136 valence electrons. The molecule has 5 nitrogen and oxygen atoms in total. The molecule has 0 bridgehead atoms. The first-order valence-electron chi connectivity index (χ1n) is 7.99. The number of ether oxygens (including phenoxy) is 2. The zero-order valence-electron chi connectivity index (χ0n) is 14.8. The van der Waals surface area contributed by atoms with Crippen LogP contribution in [0.25, 0.3) is 6.08 Å². The molecule has 0 saturated heterocycles. The monoisotopic (exact) mass is 373 g/mol. The molecule has 2 rings (SSSR count). The van der Waals surface area contributed by atoms with Crippen molar-refractivity contribution in [1.29, 1.82) is 0 Å². The molecule has 0 aliphatic heterocycles. The number of benzene rings is 2. The smallest absolute Gasteiger partial charge is 0.331 e. The molecule has 6 heteroatoms. The highest BCUT2D eigenvalue weighted by Crippen LogP contribution is 2.27. The average Bonchev–Trinajstić information content (AvgIpc) is 2.61. The Morgan fingerprint density at radius 1 is 1.19 bits per heavy atom. The predicted molar refractivity (Wildman–Crippen MR) is 102 cm³/mol. The SMILES string of the molecule is COc1ccc(Cl)cc1NC(=O)[C@@H](C)OC(=O)/C=C/c1ccccc1C. The van der Waals surface area contributed by atoms with E-state index < -0.39 is 18.0 Å². The molecule has 1 N–H and O–H groups in total. The van der Waals surface area contributed by atoms with Gasteiger partial charge in [-0.25, -0.2) is 4.79 Å². The highest BCUT2D eigenvalue weighted by atomic mass is 35.5. The molecule has 0 unspecified atom stereocenters. The fourth-order valence-corrected chi connectivity index (χ4v) is 2.38. The van der Waals surface area contributed by atoms with E-state index in [0.29, 0.717) is 16.5 Å². The van der Waals surface area contributed by atoms with Crippen LogP contribution in [0.15, 0.2) is 48.5 Å². The summed E-state index contributed by atoms with van der Waals surface area (Å²) in [5.41, 5.74) is 2.35. The molecular formula is C20H20ClNO4. The van der Waals surface area contributed by atoms with Crippen LogP contribution in [0.4, 0.5) is 5.69 Å². The van der Waals surface area contributed by atoms with Crippen LogP contribution in [0, 0.1) is 6.92 Å². The quantitative estimate of drug-likeness (QED) is 0.607. The van der Waals surface area contributed by atoms with Crippen molar-refractivity contribution in [2.45, 2.75) is 20.0 Å². The van der Waals surface area contributed by atoms with Crippen molar-refractivity contribution in [2.75, 3.05) is 12.4 Å². The lowest BCUT2D eigenvalue weighted by atomic mass is 10.1. The maximum Gasteiger partial charge on any atom is 0.331 e. The van der Waals surface area contributed by atoms with E-state index in [1.165, 1.54) is 20.1 Å². The number of halogens is 1. The third-order valence-electron chi connectivity index (χ3n) is 3.67. The molecule has 0 radical (unpaired) electrons. The summed E-state index contributed by atoms with van der Waals surface area (Å²) in [5, 5.41) is 3.09. The second-order valence-corrected chi connectivity index (χ2v) is 6.04. The topological polar surface area (TPSA) is 64.6 Å². The van der Waals surface area contributed by atoms with Gasteiger partial charge in [0, 0.05) is 11.1 Å². The number of carbonyl (C=O) groups is 2. The van der Waals surface area contributed by atoms with Gasteiger partial charge >= 0.3 is 5.97 Å². The van der Waals surface area contributed by atoms with Crippen LogP contribution in [0.2, 0.25) is 5.02 Å². The predicted octanol–water partition coefficient (Wildman–Crippen LogP) is 4.24. The van der Waals surface area contributed by atoms with Crippen LogP contribution in [-0.4, -0.2) is 25.1 Å². The number of nitrogens with one attached hydrogen (secondary N) is 1. The molecule has 0 spiro atoms. The minimum atomic E-state index is -0.979. The number of carbonyl (C=O) groups excluding carboxylic acids is 2. The molecular weight excluding hydrogens is 354 g/mol. The first kappa shape index (κ1) is 19.5. The standard InChI is InChI=1S/C20H20ClNO4/c1-13-6-4-5-7-15(13)8-11-19(23)26-14(2)20(24)22-17-12-16(21)9-10-18(17)25-3/h4-12,14H,1-3H3,(H,22,24)/b11-8+/t14-/m1/s1. The van der Waals surface area contributed by atoms with E-state index >= 15 is 0 Å². The number of anilines is 1. The lowest BCUT2D eigenvalue weighted by Crippen LogP contribution is -2.29. The molecule has 0 saturated carbocycles. The van der Waals surface area contributed by atoms with Gasteiger partial charge in [-0.2, -0.15) is 0 Å². The molecule has 2 aromatic rings. The number of amides is 1. The van der Waals surface area contributed by atoms with Gasteiger partial charge in [-0.1, -0.05) is 35.9 Å². The van der Waals surface area contributed by atoms with Gasteiger partial charge in [-0.3, -0.25) is 4.79 Å². The Balaban J connectivity index is 1.97. The van der Waals surface area contributed by atoms with Crippen molar-refractivity contribution < 1.29 is 19.1 Å². The van der Waals surface area contributed by atoms with E-state index in [2.05, 4.69) is 5.32 Å². The van der Waals surface area contributed by atoms with Crippen LogP contribution < -0.4 is 10.1 Å². The number of aryl methyl sites for hydroxylation is 1. The van der Waals surface area contributed by atoms with Crippen LogP contribution in [0.1, 0.15) is 18.1 Å². The van der Waals surface area contributed by atoms with Gasteiger partial charge < -0.3 is 14.8 Å². The Kier molecular flexibility index (Phi) is 6.81. The Bertz CT molecular complexity index is 832. The summed E-state index contributed by atoms with van der Waals surface area (Å²) >= 11 is 5.93. The molecule has 0 aliphatic carbocycles. The summed E-state index contributed by atoms with van der Waals surface area (Å²) in [6.45, 7) is 3.44. The van der Waals surface area contributed by atoms with Crippen LogP contribution >= 0.6 is 11.6 Å². The normalized spacial score (nSPS) is 11.8. The molecule has 26 heavy (non-hydrogen) atoms. The number of hydrogen-bond acceptors (Lipinski definition) is 4. The van der Waals surface area contributed by atoms with Crippen LogP contribution in [-0.2, 0) is 14.3 Å². The molecule has 1 amide bonds. The van der Waals surface area contributed by atoms with Crippen molar-refractivity contribution >= 4 is 35.2 Å². The summed E-state index contributed by atoms with van der Waals surface area (Å²) in [4.78, 5) is 24.2. The zero-order valence-corrected chi connectivity index (χ0v) is 15.5. The maximum absolute atomic E-state index is 12.2. The van der Waals surface area contributed by atoms with Crippen molar-refractivity contribution in [2.24, 2.45) is 0 Å². The lowest BCUT2D eigenvalue weighted by Gasteiger charge is -2.14. The molecule has 0 heterocycles. The highest BCUT2D eigenvalue weighted by Gasteiger charge is 2.18. The summed E-state index contributed by atoms with van der Waals surface area (Å²) in [5.74, 6) is -0.627. The Morgan fingerprint density at radius 2 is 1.92 bits per heavy atom. The Morgan fingerprint density at radius 3 is 2.62 bits per heavy atom. The van der Waals surface area contributed by atoms with E-state index in [9.17, 15) is 9.59 Å². The Labute approximate surface area is 157 Å². The van der Waals surface area contributed by atoms with Crippen molar-refractivity contribution in [1.82, 2.24) is 0 Å². The number of hydrogen-bond donors (Lipinski definition) is 1. The number of rotatable bonds is 6. The van der Waals surface area contributed by atoms with Crippen LogP contribution in [0.5, 0.6) is 5.75 Å². The van der Waals surface area contributed by atoms with Crippen LogP contribution in [0.3, 0.4) is 0 Å². The van der Waals surface area contributed by atoms with E-state index in [-0.39, 0.29) is 0 Å². The average molecular weight is 374 g/mol. The van der Waals surface area contributed by atoms with Gasteiger partial charge in [0.05, 0.1) is 12.8 Å². The summed E-state index contributed by atoms with van der Waals surface area (Å²) in [6.07, 6.45) is 1.97. The van der Waals surface area contributed by atoms with Gasteiger partial charge in [0.1, 0.15) is 5.75 Å². The second-order valence-electron chi connectivity index (χ2n) is 5.60. The summed E-state index contributed by atoms with van der Waals surface area (Å²) in [6, 6.07) is 12.5. The largest absolute Gasteiger partial charge is 0.495 e. The minimum Gasteiger partial charge on any atom is -0.495 e. The fraction of sp³-hybridized carbons (Fsp3) is 0.200. The first-order chi connectivity index (χ1) is 12.4. The molecule has 0 fully saturated rings. The van der Waals surface area contributed by atoms with Gasteiger partial charge in [-0.15, -0.1) is 0 Å². The zero-order chi connectivity index (χ0) is 19.1. The molecule has 0 aliphatic rings. The molecule has 0 aromatic heterocycles. The maximum atomic E-state index is 12.2. The lowest BCUT2D eigenvalue weighted by molar-refractivity contribution is -0.148. The minimum absolute atomic E-state index is 0.406. The van der Waals surface area contributed by atoms with E-state index in [4.69, 9.17) is 21.1 Å². The van der Waals surface area contributed by atoms with Gasteiger partial charge in [0.15, 0.2) is 6.10 Å². The molecule has 1 atom stereocenters. The summed E-state index contributed by atoms with van der Waals surface area (Å²) in [7, 11) is 1.48.